The molecule has 0 atom stereocenters. The molecule has 1 aliphatic heterocycles. The minimum absolute atomic E-state index is 0.0943. The summed E-state index contributed by atoms with van der Waals surface area (Å²) < 4.78 is 60.6. The molecule has 0 aliphatic carbocycles. The first-order valence-corrected chi connectivity index (χ1v) is 6.03. The zero-order valence-corrected chi connectivity index (χ0v) is 10.7. The van der Waals surface area contributed by atoms with E-state index in [2.05, 4.69) is 0 Å². The summed E-state index contributed by atoms with van der Waals surface area (Å²) in [6.07, 6.45) is 0.872. The fraction of sp³-hybridized carbons (Fsp3) is 0.308. The Morgan fingerprint density at radius 3 is 2.05 bits per heavy atom. The van der Waals surface area contributed by atoms with Gasteiger partial charge in [0.1, 0.15) is 5.69 Å². The van der Waals surface area contributed by atoms with Crippen LogP contribution in [-0.2, 0) is 9.53 Å². The Hall–Kier alpha value is -2.09. The average molecular weight is 305 g/mol. The van der Waals surface area contributed by atoms with Crippen LogP contribution in [0.4, 0.5) is 23.2 Å². The van der Waals surface area contributed by atoms with Gasteiger partial charge in [0.15, 0.2) is 23.3 Å². The van der Waals surface area contributed by atoms with Crippen molar-refractivity contribution >= 4 is 17.7 Å². The number of anilines is 1. The van der Waals surface area contributed by atoms with Gasteiger partial charge >= 0.3 is 5.97 Å². The summed E-state index contributed by atoms with van der Waals surface area (Å²) in [6.45, 7) is 0.555. The maximum absolute atomic E-state index is 14.0. The highest BCUT2D eigenvalue weighted by atomic mass is 19.2. The molecule has 1 aromatic carbocycles. The lowest BCUT2D eigenvalue weighted by Gasteiger charge is -2.29. The number of carboxylic acids is 1. The SMILES string of the molecule is O=C(O)/C=C/c1c(F)c(F)c(N2CCOCC2)c(F)c1F. The molecule has 21 heavy (non-hydrogen) atoms. The quantitative estimate of drug-likeness (QED) is 0.528. The van der Waals surface area contributed by atoms with Crippen LogP contribution in [-0.4, -0.2) is 37.4 Å². The number of benzene rings is 1. The molecule has 1 aromatic rings. The van der Waals surface area contributed by atoms with Gasteiger partial charge in [-0.1, -0.05) is 0 Å². The Labute approximate surface area is 117 Å². The van der Waals surface area contributed by atoms with Crippen molar-refractivity contribution in [3.05, 3.63) is 34.9 Å². The smallest absolute Gasteiger partial charge is 0.328 e. The molecule has 0 saturated carbocycles. The van der Waals surface area contributed by atoms with Crippen molar-refractivity contribution < 1.29 is 32.2 Å². The summed E-state index contributed by atoms with van der Waals surface area (Å²) >= 11 is 0. The predicted octanol–water partition coefficient (Wildman–Crippen LogP) is 2.18. The van der Waals surface area contributed by atoms with E-state index in [1.165, 1.54) is 0 Å². The van der Waals surface area contributed by atoms with Gasteiger partial charge < -0.3 is 14.7 Å². The van der Waals surface area contributed by atoms with Gasteiger partial charge in [0.25, 0.3) is 0 Å². The molecule has 114 valence electrons. The molecule has 1 heterocycles. The highest BCUT2D eigenvalue weighted by Gasteiger charge is 2.28. The van der Waals surface area contributed by atoms with E-state index in [-0.39, 0.29) is 26.3 Å². The molecule has 0 unspecified atom stereocenters. The Kier molecular flexibility index (Phi) is 4.46. The number of hydrogen-bond donors (Lipinski definition) is 1. The topological polar surface area (TPSA) is 49.8 Å². The van der Waals surface area contributed by atoms with Gasteiger partial charge in [-0.3, -0.25) is 0 Å². The maximum Gasteiger partial charge on any atom is 0.328 e. The first kappa shape index (κ1) is 15.3. The number of carbonyl (C=O) groups is 1. The highest BCUT2D eigenvalue weighted by Crippen LogP contribution is 2.32. The van der Waals surface area contributed by atoms with Crippen molar-refractivity contribution in [3.8, 4) is 0 Å². The van der Waals surface area contributed by atoms with Gasteiger partial charge in [-0.05, 0) is 6.08 Å². The highest BCUT2D eigenvalue weighted by molar-refractivity contribution is 5.85. The third kappa shape index (κ3) is 2.99. The van der Waals surface area contributed by atoms with Crippen LogP contribution in [0.25, 0.3) is 6.08 Å². The molecular formula is C13H11F4NO3. The summed E-state index contributed by atoms with van der Waals surface area (Å²) in [5, 5.41) is 8.41. The number of hydrogen-bond acceptors (Lipinski definition) is 3. The van der Waals surface area contributed by atoms with Crippen LogP contribution in [0.3, 0.4) is 0 Å². The van der Waals surface area contributed by atoms with Gasteiger partial charge in [0, 0.05) is 19.2 Å². The second kappa shape index (κ2) is 6.13. The van der Waals surface area contributed by atoms with Crippen LogP contribution in [0, 0.1) is 23.3 Å². The first-order chi connectivity index (χ1) is 9.93. The van der Waals surface area contributed by atoms with Crippen molar-refractivity contribution in [2.45, 2.75) is 0 Å². The van der Waals surface area contributed by atoms with Crippen LogP contribution in [0.2, 0.25) is 0 Å². The lowest BCUT2D eigenvalue weighted by Crippen LogP contribution is -2.37. The van der Waals surface area contributed by atoms with E-state index >= 15 is 0 Å². The molecule has 1 aliphatic rings. The summed E-state index contributed by atoms with van der Waals surface area (Å²) in [5.41, 5.74) is -1.87. The number of carboxylic acid groups (broad SMARTS) is 1. The average Bonchev–Trinajstić information content (AvgIpc) is 2.46. The lowest BCUT2D eigenvalue weighted by atomic mass is 10.1. The van der Waals surface area contributed by atoms with Crippen LogP contribution in [0.1, 0.15) is 5.56 Å². The number of rotatable bonds is 3. The van der Waals surface area contributed by atoms with Crippen molar-refractivity contribution in [2.75, 3.05) is 31.2 Å². The number of aliphatic carboxylic acids is 1. The third-order valence-electron chi connectivity index (χ3n) is 2.99. The Bertz CT molecular complexity index is 569. The second-order valence-corrected chi connectivity index (χ2v) is 4.29. The predicted molar refractivity (Wildman–Crippen MR) is 66.0 cm³/mol. The van der Waals surface area contributed by atoms with Gasteiger partial charge in [0.2, 0.25) is 0 Å². The van der Waals surface area contributed by atoms with Gasteiger partial charge in [0.05, 0.1) is 18.8 Å². The maximum atomic E-state index is 14.0. The molecule has 0 bridgehead atoms. The van der Waals surface area contributed by atoms with E-state index in [4.69, 9.17) is 9.84 Å². The van der Waals surface area contributed by atoms with Crippen LogP contribution in [0.5, 0.6) is 0 Å². The minimum atomic E-state index is -1.63. The van der Waals surface area contributed by atoms with Gasteiger partial charge in [-0.25, -0.2) is 22.4 Å². The van der Waals surface area contributed by atoms with E-state index < -0.39 is 40.5 Å². The minimum Gasteiger partial charge on any atom is -0.478 e. The normalized spacial score (nSPS) is 15.7. The number of halogens is 4. The van der Waals surface area contributed by atoms with Crippen LogP contribution < -0.4 is 4.90 Å². The summed E-state index contributed by atoms with van der Waals surface area (Å²) in [6, 6.07) is 0. The van der Waals surface area contributed by atoms with Crippen LogP contribution in [0.15, 0.2) is 6.08 Å². The van der Waals surface area contributed by atoms with Crippen LogP contribution >= 0.6 is 0 Å². The number of ether oxygens (including phenoxy) is 1. The second-order valence-electron chi connectivity index (χ2n) is 4.29. The molecular weight excluding hydrogens is 294 g/mol. The van der Waals surface area contributed by atoms with Gasteiger partial charge in [-0.2, -0.15) is 0 Å². The molecule has 0 spiro atoms. The Morgan fingerprint density at radius 2 is 1.57 bits per heavy atom. The fourth-order valence-corrected chi connectivity index (χ4v) is 2.00. The molecule has 0 amide bonds. The van der Waals surface area contributed by atoms with E-state index in [1.54, 1.807) is 0 Å². The van der Waals surface area contributed by atoms with Crippen molar-refractivity contribution in [2.24, 2.45) is 0 Å². The number of nitrogens with zero attached hydrogens (tertiary/aromatic N) is 1. The molecule has 8 heteroatoms. The number of morpholine rings is 1. The molecule has 2 rings (SSSR count). The summed E-state index contributed by atoms with van der Waals surface area (Å²) in [7, 11) is 0. The van der Waals surface area contributed by atoms with E-state index in [9.17, 15) is 22.4 Å². The van der Waals surface area contributed by atoms with E-state index in [0.717, 1.165) is 4.90 Å². The van der Waals surface area contributed by atoms with E-state index in [1.807, 2.05) is 0 Å². The zero-order valence-electron chi connectivity index (χ0n) is 10.7. The fourth-order valence-electron chi connectivity index (χ4n) is 2.00. The third-order valence-corrected chi connectivity index (χ3v) is 2.99. The molecule has 1 N–H and O–H groups in total. The standard InChI is InChI=1S/C13H11F4NO3/c14-9-7(1-2-8(19)20)10(15)12(17)13(11(9)16)18-3-5-21-6-4-18/h1-2H,3-6H2,(H,19,20)/b2-1+. The van der Waals surface area contributed by atoms with E-state index in [0.29, 0.717) is 12.2 Å². The van der Waals surface area contributed by atoms with Gasteiger partial charge in [-0.15, -0.1) is 0 Å². The van der Waals surface area contributed by atoms with Crippen molar-refractivity contribution in [1.29, 1.82) is 0 Å². The first-order valence-electron chi connectivity index (χ1n) is 6.03. The molecule has 4 nitrogen and oxygen atoms in total. The molecule has 0 radical (unpaired) electrons. The molecule has 1 fully saturated rings. The summed E-state index contributed by atoms with van der Waals surface area (Å²) in [5.74, 6) is -7.87. The summed E-state index contributed by atoms with van der Waals surface area (Å²) in [4.78, 5) is 11.5. The molecule has 1 saturated heterocycles. The Balaban J connectivity index is 2.52. The Morgan fingerprint density at radius 1 is 1.05 bits per heavy atom. The lowest BCUT2D eigenvalue weighted by molar-refractivity contribution is -0.131. The molecule has 0 aromatic heterocycles. The van der Waals surface area contributed by atoms with Crippen molar-refractivity contribution in [1.82, 2.24) is 0 Å². The largest absolute Gasteiger partial charge is 0.478 e. The monoisotopic (exact) mass is 305 g/mol. The zero-order chi connectivity index (χ0) is 15.6. The van der Waals surface area contributed by atoms with Crippen molar-refractivity contribution in [3.63, 3.8) is 0 Å².